The highest BCUT2D eigenvalue weighted by molar-refractivity contribution is 7.86. The van der Waals surface area contributed by atoms with Crippen molar-refractivity contribution in [2.24, 2.45) is 0 Å². The first-order valence-corrected chi connectivity index (χ1v) is 5.73. The van der Waals surface area contributed by atoms with Crippen LogP contribution in [0.1, 0.15) is 0 Å². The van der Waals surface area contributed by atoms with E-state index >= 15 is 0 Å². The molecule has 0 fully saturated rings. The smallest absolute Gasteiger partial charge is 0.402 e. The lowest BCUT2D eigenvalue weighted by Gasteiger charge is -2.39. The molecule has 0 amide bonds. The van der Waals surface area contributed by atoms with E-state index in [0.717, 1.165) is 0 Å². The summed E-state index contributed by atoms with van der Waals surface area (Å²) in [6.45, 7) is 0. The van der Waals surface area contributed by atoms with Crippen LogP contribution in [0, 0.1) is 0 Å². The lowest BCUT2D eigenvalue weighted by Crippen LogP contribution is -2.69. The highest BCUT2D eigenvalue weighted by Crippen LogP contribution is 2.58. The molecule has 0 aliphatic heterocycles. The zero-order valence-electron chi connectivity index (χ0n) is 9.25. The number of alkyl halides is 12. The van der Waals surface area contributed by atoms with Gasteiger partial charge in [-0.15, -0.1) is 0 Å². The minimum Gasteiger partial charge on any atom is -0.743 e. The van der Waals surface area contributed by atoms with E-state index in [0.29, 0.717) is 0 Å². The lowest BCUT2D eigenvalue weighted by atomic mass is 9.99. The van der Waals surface area contributed by atoms with Crippen LogP contribution in [0.25, 0.3) is 0 Å². The number of hydrogen-bond donors (Lipinski definition) is 0. The highest BCUT2D eigenvalue weighted by Gasteiger charge is 2.89. The predicted octanol–water partition coefficient (Wildman–Crippen LogP) is 2.93. The maximum absolute atomic E-state index is 12.7. The molecule has 3 nitrogen and oxygen atoms in total. The molecule has 0 heterocycles. The Bertz CT molecular complexity index is 523. The van der Waals surface area contributed by atoms with Gasteiger partial charge in [-0.1, -0.05) is 0 Å². The Morgan fingerprint density at radius 3 is 1.23 bits per heavy atom. The molecule has 134 valence electrons. The Morgan fingerprint density at radius 2 is 1.00 bits per heavy atom. The summed E-state index contributed by atoms with van der Waals surface area (Å²) in [5, 5.41) is -7.49. The van der Waals surface area contributed by atoms with Crippen molar-refractivity contribution in [3.63, 3.8) is 0 Å². The fourth-order valence-electron chi connectivity index (χ4n) is 0.883. The van der Waals surface area contributed by atoms with E-state index in [2.05, 4.69) is 0 Å². The van der Waals surface area contributed by atoms with Crippen molar-refractivity contribution in [3.8, 4) is 0 Å². The lowest BCUT2D eigenvalue weighted by molar-refractivity contribution is -0.402. The summed E-state index contributed by atoms with van der Waals surface area (Å²) < 4.78 is 177. The summed E-state index contributed by atoms with van der Waals surface area (Å²) >= 11 is 0. The molecule has 0 aliphatic carbocycles. The number of halogens is 12. The molecule has 0 rings (SSSR count). The predicted molar refractivity (Wildman–Crippen MR) is 40.4 cm³/mol. The average molecular weight is 381 g/mol. The first kappa shape index (κ1) is 21.1. The van der Waals surface area contributed by atoms with Crippen LogP contribution >= 0.6 is 0 Å². The van der Waals surface area contributed by atoms with Crippen molar-refractivity contribution in [1.29, 1.82) is 0 Å². The SMILES string of the molecule is O=S(=O)([O-])C(F)(F)C(F)(F)C(F)(F)C(F)(F)C(F)(F)C(F)F. The van der Waals surface area contributed by atoms with Crippen molar-refractivity contribution >= 4 is 10.1 Å². The molecule has 0 aliphatic rings. The van der Waals surface area contributed by atoms with Gasteiger partial charge in [0, 0.05) is 0 Å². The minimum absolute atomic E-state index is 5.71. The Hall–Kier alpha value is -0.930. The van der Waals surface area contributed by atoms with Crippen molar-refractivity contribution in [3.05, 3.63) is 0 Å². The first-order valence-electron chi connectivity index (χ1n) is 4.32. The van der Waals surface area contributed by atoms with Gasteiger partial charge in [-0.25, -0.2) is 17.2 Å². The maximum atomic E-state index is 12.7. The average Bonchev–Trinajstić information content (AvgIpc) is 2.25. The van der Waals surface area contributed by atoms with Crippen molar-refractivity contribution in [2.45, 2.75) is 35.4 Å². The van der Waals surface area contributed by atoms with E-state index in [9.17, 15) is 65.7 Å². The molecule has 0 bridgehead atoms. The third-order valence-electron chi connectivity index (χ3n) is 2.16. The second kappa shape index (κ2) is 5.04. The van der Waals surface area contributed by atoms with Crippen LogP contribution in [0.2, 0.25) is 0 Å². The van der Waals surface area contributed by atoms with E-state index in [-0.39, 0.29) is 0 Å². The molecule has 0 aromatic heterocycles. The Morgan fingerprint density at radius 1 is 0.682 bits per heavy atom. The van der Waals surface area contributed by atoms with Crippen LogP contribution in [0.3, 0.4) is 0 Å². The quantitative estimate of drug-likeness (QED) is 0.525. The van der Waals surface area contributed by atoms with Crippen molar-refractivity contribution in [2.75, 3.05) is 0 Å². The zero-order chi connectivity index (χ0) is 18.6. The van der Waals surface area contributed by atoms with Crippen LogP contribution in [-0.4, -0.2) is 48.3 Å². The standard InChI is InChI=1S/C6H2F12O3S/c7-1(8)2(9,10)3(11,12)4(13,14)5(15,16)6(17,18)22(19,20)21/h1H,(H,19,20,21)/p-1. The molecule has 0 saturated heterocycles. The molecular weight excluding hydrogens is 380 g/mol. The molecule has 0 radical (unpaired) electrons. The largest absolute Gasteiger partial charge is 0.743 e. The van der Waals surface area contributed by atoms with Crippen LogP contribution in [0.4, 0.5) is 52.7 Å². The van der Waals surface area contributed by atoms with E-state index in [1.165, 1.54) is 0 Å². The van der Waals surface area contributed by atoms with Gasteiger partial charge in [0.1, 0.15) is 0 Å². The third-order valence-corrected chi connectivity index (χ3v) is 3.05. The van der Waals surface area contributed by atoms with Crippen LogP contribution in [-0.2, 0) is 10.1 Å². The van der Waals surface area contributed by atoms with Crippen LogP contribution < -0.4 is 0 Å². The van der Waals surface area contributed by atoms with Crippen molar-refractivity contribution < 1.29 is 65.7 Å². The molecule has 0 N–H and O–H groups in total. The molecule has 0 atom stereocenters. The van der Waals surface area contributed by atoms with Gasteiger partial charge in [-0.05, 0) is 0 Å². The Balaban J connectivity index is 6.36. The van der Waals surface area contributed by atoms with E-state index < -0.39 is 45.5 Å². The second-order valence-corrected chi connectivity index (χ2v) is 5.04. The summed E-state index contributed by atoms with van der Waals surface area (Å²) in [5.74, 6) is -31.0. The summed E-state index contributed by atoms with van der Waals surface area (Å²) in [4.78, 5) is 0. The molecule has 0 aromatic rings. The van der Waals surface area contributed by atoms with Gasteiger partial charge >= 0.3 is 35.4 Å². The fourth-order valence-corrected chi connectivity index (χ4v) is 1.33. The third kappa shape index (κ3) is 2.48. The Labute approximate surface area is 112 Å². The first-order chi connectivity index (χ1) is 9.19. The highest BCUT2D eigenvalue weighted by atomic mass is 32.2. The normalized spacial score (nSPS) is 16.3. The number of rotatable bonds is 6. The van der Waals surface area contributed by atoms with Gasteiger partial charge in [0.05, 0.1) is 0 Å². The minimum atomic E-state index is -8.03. The summed E-state index contributed by atoms with van der Waals surface area (Å²) in [5.41, 5.74) is 0. The van der Waals surface area contributed by atoms with E-state index in [4.69, 9.17) is 0 Å². The summed E-state index contributed by atoms with van der Waals surface area (Å²) in [7, 11) is -7.75. The topological polar surface area (TPSA) is 57.2 Å². The van der Waals surface area contributed by atoms with Gasteiger partial charge < -0.3 is 4.55 Å². The van der Waals surface area contributed by atoms with E-state index in [1.807, 2.05) is 0 Å². The van der Waals surface area contributed by atoms with E-state index in [1.54, 1.807) is 0 Å². The van der Waals surface area contributed by atoms with Crippen molar-refractivity contribution in [1.82, 2.24) is 0 Å². The molecule has 0 spiro atoms. The molecule has 16 heteroatoms. The molecule has 22 heavy (non-hydrogen) atoms. The number of hydrogen-bond acceptors (Lipinski definition) is 3. The van der Waals surface area contributed by atoms with Gasteiger partial charge in [-0.3, -0.25) is 0 Å². The summed E-state index contributed by atoms with van der Waals surface area (Å²) in [6, 6.07) is 0. The summed E-state index contributed by atoms with van der Waals surface area (Å²) in [6.07, 6.45) is -5.71. The zero-order valence-corrected chi connectivity index (χ0v) is 10.1. The molecule has 0 unspecified atom stereocenters. The van der Waals surface area contributed by atoms with Crippen LogP contribution in [0.15, 0.2) is 0 Å². The van der Waals surface area contributed by atoms with Gasteiger partial charge in [-0.2, -0.15) is 43.9 Å². The molecule has 0 aromatic carbocycles. The Kier molecular flexibility index (Phi) is 4.82. The molecule has 0 saturated carbocycles. The van der Waals surface area contributed by atoms with Gasteiger partial charge in [0.15, 0.2) is 10.1 Å². The monoisotopic (exact) mass is 381 g/mol. The van der Waals surface area contributed by atoms with Gasteiger partial charge in [0.2, 0.25) is 0 Å². The molecular formula is C6HF12O3S-. The fraction of sp³-hybridized carbons (Fsp3) is 1.00. The maximum Gasteiger partial charge on any atom is 0.402 e. The van der Waals surface area contributed by atoms with Crippen LogP contribution in [0.5, 0.6) is 0 Å². The van der Waals surface area contributed by atoms with Gasteiger partial charge in [0.25, 0.3) is 0 Å². The second-order valence-electron chi connectivity index (χ2n) is 3.62.